The number of hydrogen-bond acceptors (Lipinski definition) is 5. The summed E-state index contributed by atoms with van der Waals surface area (Å²) in [6.45, 7) is 7.33. The van der Waals surface area contributed by atoms with Gasteiger partial charge in [0.15, 0.2) is 0 Å². The number of imidazole rings is 1. The molecule has 0 aliphatic carbocycles. The Morgan fingerprint density at radius 2 is 1.97 bits per heavy atom. The third-order valence-electron chi connectivity index (χ3n) is 5.32. The van der Waals surface area contributed by atoms with Gasteiger partial charge in [-0.05, 0) is 32.9 Å². The molecule has 0 bridgehead atoms. The van der Waals surface area contributed by atoms with Crippen molar-refractivity contribution in [3.8, 4) is 5.82 Å². The molecule has 3 aromatic heterocycles. The molecule has 1 saturated heterocycles. The topological polar surface area (TPSA) is 70.1 Å². The van der Waals surface area contributed by atoms with E-state index in [1.54, 1.807) is 15.8 Å². The molecule has 4 rings (SSSR count). The first-order valence-corrected chi connectivity index (χ1v) is 10.4. The van der Waals surface area contributed by atoms with Gasteiger partial charge >= 0.3 is 11.9 Å². The molecule has 32 heavy (non-hydrogen) atoms. The molecule has 3 aromatic rings. The van der Waals surface area contributed by atoms with Crippen molar-refractivity contribution in [2.75, 3.05) is 24.6 Å². The van der Waals surface area contributed by atoms with Crippen LogP contribution < -0.4 is 10.6 Å². The van der Waals surface area contributed by atoms with E-state index < -0.39 is 17.4 Å². The molecular weight excluding hydrogens is 425 g/mol. The summed E-state index contributed by atoms with van der Waals surface area (Å²) in [6.07, 6.45) is 1.79. The van der Waals surface area contributed by atoms with Gasteiger partial charge in [-0.3, -0.25) is 13.8 Å². The maximum absolute atomic E-state index is 13.6. The normalized spacial score (nSPS) is 17.3. The van der Waals surface area contributed by atoms with E-state index in [-0.39, 0.29) is 30.3 Å². The molecule has 0 spiro atoms. The van der Waals surface area contributed by atoms with Gasteiger partial charge in [0.1, 0.15) is 11.6 Å². The number of nitrogens with zero attached hydrogens (tertiary/aromatic N) is 6. The Bertz CT molecular complexity index is 1150. The predicted molar refractivity (Wildman–Crippen MR) is 112 cm³/mol. The minimum absolute atomic E-state index is 0.0735. The summed E-state index contributed by atoms with van der Waals surface area (Å²) >= 11 is 0. The minimum atomic E-state index is -4.57. The molecule has 0 aromatic carbocycles. The largest absolute Gasteiger partial charge is 0.416 e. The highest BCUT2D eigenvalue weighted by Gasteiger charge is 2.33. The number of alkyl halides is 3. The number of halogens is 3. The van der Waals surface area contributed by atoms with E-state index in [0.29, 0.717) is 19.7 Å². The number of anilines is 1. The molecule has 1 aliphatic heterocycles. The molecular formula is C21H25F3N6O2. The number of morpholine rings is 1. The SMILES string of the molecule is CC(C)n1cc(Cn2ccn(-c3cc(C(F)(F)F)cc(N4CCO[C@H](C)C4)n3)c2=O)cn1. The first kappa shape index (κ1) is 22.1. The first-order valence-electron chi connectivity index (χ1n) is 10.4. The maximum Gasteiger partial charge on any atom is 0.416 e. The van der Waals surface area contributed by atoms with Crippen molar-refractivity contribution >= 4 is 5.82 Å². The van der Waals surface area contributed by atoms with Crippen molar-refractivity contribution in [1.29, 1.82) is 0 Å². The number of rotatable bonds is 5. The fourth-order valence-corrected chi connectivity index (χ4v) is 3.62. The lowest BCUT2D eigenvalue weighted by Crippen LogP contribution is -2.41. The van der Waals surface area contributed by atoms with Crippen LogP contribution in [0.15, 0.2) is 41.7 Å². The molecule has 8 nitrogen and oxygen atoms in total. The lowest BCUT2D eigenvalue weighted by atomic mass is 10.2. The Morgan fingerprint density at radius 3 is 2.62 bits per heavy atom. The standard InChI is InChI=1S/C21H25F3N6O2/c1-14(2)30-13-16(10-25-30)12-28-4-5-29(20(28)31)19-9-17(21(22,23)24)8-18(26-19)27-6-7-32-15(3)11-27/h4-5,8-10,13-15H,6-7,11-12H2,1-3H3/t15-/m1/s1. The highest BCUT2D eigenvalue weighted by molar-refractivity contribution is 5.47. The van der Waals surface area contributed by atoms with Crippen LogP contribution in [0, 0.1) is 0 Å². The molecule has 1 atom stereocenters. The van der Waals surface area contributed by atoms with Crippen molar-refractivity contribution in [2.24, 2.45) is 0 Å². The Hall–Kier alpha value is -3.08. The second-order valence-electron chi connectivity index (χ2n) is 8.20. The van der Waals surface area contributed by atoms with E-state index >= 15 is 0 Å². The van der Waals surface area contributed by atoms with Crippen molar-refractivity contribution in [3.63, 3.8) is 0 Å². The Balaban J connectivity index is 1.69. The van der Waals surface area contributed by atoms with Gasteiger partial charge in [-0.25, -0.2) is 9.78 Å². The van der Waals surface area contributed by atoms with Gasteiger partial charge in [0.05, 0.1) is 31.0 Å². The molecule has 0 amide bonds. The smallest absolute Gasteiger partial charge is 0.375 e. The van der Waals surface area contributed by atoms with Crippen molar-refractivity contribution < 1.29 is 17.9 Å². The van der Waals surface area contributed by atoms with Crippen molar-refractivity contribution in [3.05, 3.63) is 58.5 Å². The zero-order valence-corrected chi connectivity index (χ0v) is 18.1. The Kier molecular flexibility index (Phi) is 5.85. The summed E-state index contributed by atoms with van der Waals surface area (Å²) in [4.78, 5) is 19.1. The van der Waals surface area contributed by atoms with Crippen LogP contribution in [0.1, 0.15) is 37.9 Å². The van der Waals surface area contributed by atoms with E-state index in [0.717, 1.165) is 22.3 Å². The molecule has 172 valence electrons. The average Bonchev–Trinajstić information content (AvgIpc) is 3.35. The zero-order chi connectivity index (χ0) is 23.0. The summed E-state index contributed by atoms with van der Waals surface area (Å²) in [7, 11) is 0. The van der Waals surface area contributed by atoms with Crippen LogP contribution in [0.4, 0.5) is 19.0 Å². The van der Waals surface area contributed by atoms with Gasteiger partial charge in [-0.2, -0.15) is 18.3 Å². The summed E-state index contributed by atoms with van der Waals surface area (Å²) in [5, 5.41) is 4.26. The van der Waals surface area contributed by atoms with E-state index in [9.17, 15) is 18.0 Å². The molecule has 0 radical (unpaired) electrons. The van der Waals surface area contributed by atoms with Crippen LogP contribution in [0.2, 0.25) is 0 Å². The second-order valence-corrected chi connectivity index (χ2v) is 8.20. The van der Waals surface area contributed by atoms with Crippen LogP contribution in [0.25, 0.3) is 5.82 Å². The summed E-state index contributed by atoms with van der Waals surface area (Å²) in [6, 6.07) is 2.10. The van der Waals surface area contributed by atoms with Crippen LogP contribution in [0.3, 0.4) is 0 Å². The lowest BCUT2D eigenvalue weighted by molar-refractivity contribution is -0.137. The van der Waals surface area contributed by atoms with Crippen molar-refractivity contribution in [2.45, 2.75) is 45.6 Å². The molecule has 0 unspecified atom stereocenters. The van der Waals surface area contributed by atoms with Gasteiger partial charge < -0.3 is 9.64 Å². The fraction of sp³-hybridized carbons (Fsp3) is 0.476. The minimum Gasteiger partial charge on any atom is -0.375 e. The maximum atomic E-state index is 13.6. The average molecular weight is 450 g/mol. The van der Waals surface area contributed by atoms with Crippen LogP contribution in [-0.4, -0.2) is 49.7 Å². The third kappa shape index (κ3) is 4.57. The third-order valence-corrected chi connectivity index (χ3v) is 5.32. The molecule has 1 aliphatic rings. The number of hydrogen-bond donors (Lipinski definition) is 0. The molecule has 4 heterocycles. The van der Waals surface area contributed by atoms with Crippen molar-refractivity contribution in [1.82, 2.24) is 23.9 Å². The van der Waals surface area contributed by atoms with Gasteiger partial charge in [0.2, 0.25) is 0 Å². The fourth-order valence-electron chi connectivity index (χ4n) is 3.62. The van der Waals surface area contributed by atoms with Gasteiger partial charge in [-0.1, -0.05) is 0 Å². The Labute approximate surface area is 182 Å². The highest BCUT2D eigenvalue weighted by atomic mass is 19.4. The van der Waals surface area contributed by atoms with E-state index in [2.05, 4.69) is 10.1 Å². The van der Waals surface area contributed by atoms with E-state index in [4.69, 9.17) is 4.74 Å². The van der Waals surface area contributed by atoms with E-state index in [1.807, 2.05) is 27.0 Å². The summed E-state index contributed by atoms with van der Waals surface area (Å²) in [5.41, 5.74) is -0.511. The molecule has 1 fully saturated rings. The molecule has 0 N–H and O–H groups in total. The monoisotopic (exact) mass is 450 g/mol. The summed E-state index contributed by atoms with van der Waals surface area (Å²) in [5.74, 6) is 0.0958. The lowest BCUT2D eigenvalue weighted by Gasteiger charge is -2.32. The number of ether oxygens (including phenoxy) is 1. The summed E-state index contributed by atoms with van der Waals surface area (Å²) < 4.78 is 50.6. The first-order chi connectivity index (χ1) is 15.1. The molecule has 0 saturated carbocycles. The van der Waals surface area contributed by atoms with Crippen LogP contribution in [0.5, 0.6) is 0 Å². The number of pyridine rings is 1. The zero-order valence-electron chi connectivity index (χ0n) is 18.1. The predicted octanol–water partition coefficient (Wildman–Crippen LogP) is 3.10. The van der Waals surface area contributed by atoms with Gasteiger partial charge in [0, 0.05) is 43.3 Å². The second kappa shape index (κ2) is 8.45. The van der Waals surface area contributed by atoms with Gasteiger partial charge in [0.25, 0.3) is 0 Å². The van der Waals surface area contributed by atoms with Crippen LogP contribution in [-0.2, 0) is 17.5 Å². The molecule has 11 heteroatoms. The number of aromatic nitrogens is 5. The van der Waals surface area contributed by atoms with Crippen LogP contribution >= 0.6 is 0 Å². The highest BCUT2D eigenvalue weighted by Crippen LogP contribution is 2.32. The Morgan fingerprint density at radius 1 is 1.22 bits per heavy atom. The quantitative estimate of drug-likeness (QED) is 0.598. The van der Waals surface area contributed by atoms with Gasteiger partial charge in [-0.15, -0.1) is 0 Å². The van der Waals surface area contributed by atoms with E-state index in [1.165, 1.54) is 17.0 Å².